The summed E-state index contributed by atoms with van der Waals surface area (Å²) in [5.74, 6) is 0. The summed E-state index contributed by atoms with van der Waals surface area (Å²) in [7, 11) is 1.36. The Balaban J connectivity index is 2.50. The van der Waals surface area contributed by atoms with E-state index in [2.05, 4.69) is 10.3 Å². The zero-order valence-electron chi connectivity index (χ0n) is 8.19. The zero-order chi connectivity index (χ0) is 10.4. The smallest absolute Gasteiger partial charge is 0.431 e. The molecular weight excluding hydrogens is 182 g/mol. The van der Waals surface area contributed by atoms with Crippen molar-refractivity contribution in [3.8, 4) is 0 Å². The number of nitrogens with one attached hydrogen (secondary N) is 1. The van der Waals surface area contributed by atoms with Crippen LogP contribution in [0.1, 0.15) is 18.6 Å². The molecule has 0 radical (unpaired) electrons. The molecule has 1 atom stereocenters. The molecule has 1 N–H and O–H groups in total. The quantitative estimate of drug-likeness (QED) is 0.751. The largest absolute Gasteiger partial charge is 0.440 e. The van der Waals surface area contributed by atoms with E-state index in [9.17, 15) is 4.79 Å². The van der Waals surface area contributed by atoms with Crippen molar-refractivity contribution < 1.29 is 14.4 Å². The van der Waals surface area contributed by atoms with Crippen LogP contribution in [0.25, 0.3) is 0 Å². The lowest BCUT2D eigenvalue weighted by Crippen LogP contribution is -2.24. The molecule has 0 fully saturated rings. The number of amides is 1. The predicted molar refractivity (Wildman–Crippen MR) is 51.5 cm³/mol. The Kier molecular flexibility index (Phi) is 3.94. The first kappa shape index (κ1) is 10.5. The Hall–Kier alpha value is -1.55. The van der Waals surface area contributed by atoms with Gasteiger partial charge in [0.05, 0.1) is 7.11 Å². The number of carbonyl (C=O) groups is 1. The molecule has 14 heavy (non-hydrogen) atoms. The van der Waals surface area contributed by atoms with Crippen LogP contribution in [-0.4, -0.2) is 13.2 Å². The van der Waals surface area contributed by atoms with Gasteiger partial charge in [-0.3, -0.25) is 4.84 Å². The van der Waals surface area contributed by atoms with Crippen LogP contribution < -0.4 is 5.48 Å². The molecule has 4 heteroatoms. The summed E-state index contributed by atoms with van der Waals surface area (Å²) in [5.41, 5.74) is 3.03. The van der Waals surface area contributed by atoms with Crippen molar-refractivity contribution in [3.05, 3.63) is 35.9 Å². The SMILES string of the molecule is CONC(=O)O[C@@H](C)c1ccccc1. The Morgan fingerprint density at radius 2 is 2.00 bits per heavy atom. The number of ether oxygens (including phenoxy) is 1. The van der Waals surface area contributed by atoms with E-state index in [-0.39, 0.29) is 6.10 Å². The molecular formula is C10H13NO3. The number of carbonyl (C=O) groups excluding carboxylic acids is 1. The van der Waals surface area contributed by atoms with Crippen LogP contribution in [0.4, 0.5) is 4.79 Å². The van der Waals surface area contributed by atoms with Crippen LogP contribution >= 0.6 is 0 Å². The minimum absolute atomic E-state index is 0.286. The molecule has 1 amide bonds. The molecule has 0 aromatic heterocycles. The van der Waals surface area contributed by atoms with E-state index in [0.717, 1.165) is 5.56 Å². The van der Waals surface area contributed by atoms with E-state index < -0.39 is 6.09 Å². The summed E-state index contributed by atoms with van der Waals surface area (Å²) in [6.07, 6.45) is -0.879. The van der Waals surface area contributed by atoms with Gasteiger partial charge in [-0.25, -0.2) is 4.79 Å². The summed E-state index contributed by atoms with van der Waals surface area (Å²) in [6.45, 7) is 1.80. The number of benzene rings is 1. The van der Waals surface area contributed by atoms with Crippen molar-refractivity contribution in [2.45, 2.75) is 13.0 Å². The third kappa shape index (κ3) is 3.06. The van der Waals surface area contributed by atoms with Crippen molar-refractivity contribution in [1.29, 1.82) is 0 Å². The van der Waals surface area contributed by atoms with Gasteiger partial charge in [-0.2, -0.15) is 5.48 Å². The van der Waals surface area contributed by atoms with Crippen molar-refractivity contribution >= 4 is 6.09 Å². The molecule has 0 heterocycles. The second kappa shape index (κ2) is 5.24. The second-order valence-corrected chi connectivity index (χ2v) is 2.76. The van der Waals surface area contributed by atoms with Gasteiger partial charge in [0.25, 0.3) is 0 Å². The fraction of sp³-hybridized carbons (Fsp3) is 0.300. The van der Waals surface area contributed by atoms with Crippen LogP contribution in [0.3, 0.4) is 0 Å². The molecule has 0 aliphatic carbocycles. The topological polar surface area (TPSA) is 47.6 Å². The zero-order valence-corrected chi connectivity index (χ0v) is 8.19. The predicted octanol–water partition coefficient (Wildman–Crippen LogP) is 2.04. The maximum Gasteiger partial charge on any atom is 0.431 e. The number of hydrogen-bond donors (Lipinski definition) is 1. The summed E-state index contributed by atoms with van der Waals surface area (Å²) in [4.78, 5) is 15.4. The summed E-state index contributed by atoms with van der Waals surface area (Å²) in [6, 6.07) is 9.48. The highest BCUT2D eigenvalue weighted by Crippen LogP contribution is 2.15. The average molecular weight is 195 g/mol. The van der Waals surface area contributed by atoms with Gasteiger partial charge in [-0.15, -0.1) is 0 Å². The third-order valence-electron chi connectivity index (χ3n) is 1.74. The van der Waals surface area contributed by atoms with E-state index in [1.165, 1.54) is 7.11 Å². The van der Waals surface area contributed by atoms with Gasteiger partial charge in [-0.05, 0) is 12.5 Å². The molecule has 4 nitrogen and oxygen atoms in total. The highest BCUT2D eigenvalue weighted by molar-refractivity contribution is 5.66. The normalized spacial score (nSPS) is 11.9. The van der Waals surface area contributed by atoms with Crippen LogP contribution in [-0.2, 0) is 9.57 Å². The van der Waals surface area contributed by atoms with Gasteiger partial charge in [0, 0.05) is 0 Å². The van der Waals surface area contributed by atoms with Crippen molar-refractivity contribution in [3.63, 3.8) is 0 Å². The molecule has 0 aliphatic heterocycles. The first-order chi connectivity index (χ1) is 6.74. The van der Waals surface area contributed by atoms with E-state index in [4.69, 9.17) is 4.74 Å². The van der Waals surface area contributed by atoms with Gasteiger partial charge in [0.15, 0.2) is 0 Å². The second-order valence-electron chi connectivity index (χ2n) is 2.76. The highest BCUT2D eigenvalue weighted by Gasteiger charge is 2.09. The summed E-state index contributed by atoms with van der Waals surface area (Å²) >= 11 is 0. The molecule has 76 valence electrons. The standard InChI is InChI=1S/C10H13NO3/c1-8(14-10(12)11-13-2)9-6-4-3-5-7-9/h3-8H,1-2H3,(H,11,12)/t8-/m0/s1. The van der Waals surface area contributed by atoms with Crippen molar-refractivity contribution in [1.82, 2.24) is 5.48 Å². The highest BCUT2D eigenvalue weighted by atomic mass is 16.7. The molecule has 0 bridgehead atoms. The molecule has 1 aromatic rings. The van der Waals surface area contributed by atoms with Crippen LogP contribution in [0.5, 0.6) is 0 Å². The Morgan fingerprint density at radius 3 is 2.57 bits per heavy atom. The Bertz CT molecular complexity index is 287. The lowest BCUT2D eigenvalue weighted by Gasteiger charge is -2.12. The minimum Gasteiger partial charge on any atom is -0.440 e. The molecule has 1 aromatic carbocycles. The molecule has 0 saturated carbocycles. The summed E-state index contributed by atoms with van der Waals surface area (Å²) < 4.78 is 5.00. The number of rotatable bonds is 3. The average Bonchev–Trinajstić information content (AvgIpc) is 2.19. The molecule has 0 saturated heterocycles. The monoisotopic (exact) mass is 195 g/mol. The van der Waals surface area contributed by atoms with Gasteiger partial charge in [-0.1, -0.05) is 30.3 Å². The fourth-order valence-corrected chi connectivity index (χ4v) is 1.06. The van der Waals surface area contributed by atoms with Crippen molar-refractivity contribution in [2.24, 2.45) is 0 Å². The van der Waals surface area contributed by atoms with Gasteiger partial charge >= 0.3 is 6.09 Å². The van der Waals surface area contributed by atoms with E-state index in [1.54, 1.807) is 6.92 Å². The van der Waals surface area contributed by atoms with Gasteiger partial charge in [0.1, 0.15) is 6.10 Å². The van der Waals surface area contributed by atoms with Crippen LogP contribution in [0.15, 0.2) is 30.3 Å². The van der Waals surface area contributed by atoms with E-state index in [0.29, 0.717) is 0 Å². The Labute approximate surface area is 82.8 Å². The molecule has 0 spiro atoms. The molecule has 0 unspecified atom stereocenters. The third-order valence-corrected chi connectivity index (χ3v) is 1.74. The summed E-state index contributed by atoms with van der Waals surface area (Å²) in [5, 5.41) is 0. The van der Waals surface area contributed by atoms with Gasteiger partial charge < -0.3 is 4.74 Å². The Morgan fingerprint density at radius 1 is 1.36 bits per heavy atom. The maximum atomic E-state index is 11.0. The van der Waals surface area contributed by atoms with E-state index in [1.807, 2.05) is 30.3 Å². The first-order valence-electron chi connectivity index (χ1n) is 4.28. The number of hydroxylamine groups is 1. The maximum absolute atomic E-state index is 11.0. The fourth-order valence-electron chi connectivity index (χ4n) is 1.06. The van der Waals surface area contributed by atoms with Crippen LogP contribution in [0, 0.1) is 0 Å². The lowest BCUT2D eigenvalue weighted by atomic mass is 10.1. The minimum atomic E-state index is -0.594. The number of hydrogen-bond acceptors (Lipinski definition) is 3. The van der Waals surface area contributed by atoms with Crippen molar-refractivity contribution in [2.75, 3.05) is 7.11 Å². The van der Waals surface area contributed by atoms with E-state index >= 15 is 0 Å². The first-order valence-corrected chi connectivity index (χ1v) is 4.28. The van der Waals surface area contributed by atoms with Crippen LogP contribution in [0.2, 0.25) is 0 Å². The molecule has 1 rings (SSSR count). The molecule has 0 aliphatic rings. The lowest BCUT2D eigenvalue weighted by molar-refractivity contribution is 0.0394. The van der Waals surface area contributed by atoms with Gasteiger partial charge in [0.2, 0.25) is 0 Å².